The van der Waals surface area contributed by atoms with Crippen molar-refractivity contribution in [2.75, 3.05) is 33.5 Å². The number of methoxy groups -OCH3 is 1. The van der Waals surface area contributed by atoms with Crippen LogP contribution < -0.4 is 14.8 Å². The fraction of sp³-hybridized carbons (Fsp3) is 0.368. The lowest BCUT2D eigenvalue weighted by molar-refractivity contribution is 0.402. The lowest BCUT2D eigenvalue weighted by Crippen LogP contribution is -2.21. The van der Waals surface area contributed by atoms with Crippen LogP contribution in [0.2, 0.25) is 0 Å². The molecule has 0 spiro atoms. The molecule has 0 saturated heterocycles. The summed E-state index contributed by atoms with van der Waals surface area (Å²) in [6.07, 6.45) is 1.87. The molecule has 1 heterocycles. The number of hydrogen-bond acceptors (Lipinski definition) is 6. The largest absolute Gasteiger partial charge is 0.495 e. The molecule has 0 fully saturated rings. The van der Waals surface area contributed by atoms with Crippen LogP contribution in [0.4, 0.5) is 0 Å². The van der Waals surface area contributed by atoms with E-state index < -0.39 is 19.9 Å². The molecule has 7 nitrogen and oxygen atoms in total. The van der Waals surface area contributed by atoms with E-state index in [0.29, 0.717) is 18.7 Å². The summed E-state index contributed by atoms with van der Waals surface area (Å²) in [6, 6.07) is 10.2. The number of sulfonamides is 1. The van der Waals surface area contributed by atoms with E-state index in [4.69, 9.17) is 4.74 Å². The molecule has 28 heavy (non-hydrogen) atoms. The van der Waals surface area contributed by atoms with Crippen molar-refractivity contribution in [2.45, 2.75) is 22.1 Å². The van der Waals surface area contributed by atoms with Crippen molar-refractivity contribution in [1.82, 2.24) is 10.0 Å². The Kier molecular flexibility index (Phi) is 5.81. The summed E-state index contributed by atoms with van der Waals surface area (Å²) in [5.74, 6) is 0.272. The third-order valence-corrected chi connectivity index (χ3v) is 7.53. The van der Waals surface area contributed by atoms with E-state index in [1.165, 1.54) is 20.4 Å². The maximum absolute atomic E-state index is 12.1. The van der Waals surface area contributed by atoms with E-state index in [9.17, 15) is 16.8 Å². The molecule has 2 aromatic carbocycles. The smallest absolute Gasteiger partial charge is 0.240 e. The van der Waals surface area contributed by atoms with Gasteiger partial charge in [-0.3, -0.25) is 0 Å². The second kappa shape index (κ2) is 7.82. The highest BCUT2D eigenvalue weighted by atomic mass is 32.2. The molecule has 0 bridgehead atoms. The van der Waals surface area contributed by atoms with Gasteiger partial charge in [-0.15, -0.1) is 0 Å². The van der Waals surface area contributed by atoms with E-state index >= 15 is 0 Å². The van der Waals surface area contributed by atoms with Crippen molar-refractivity contribution in [3.63, 3.8) is 0 Å². The highest BCUT2D eigenvalue weighted by Crippen LogP contribution is 2.36. The molecule has 0 amide bonds. The molecule has 1 aliphatic rings. The minimum absolute atomic E-state index is 0.0497. The molecular weight excluding hydrogens is 400 g/mol. The Bertz CT molecular complexity index is 1080. The van der Waals surface area contributed by atoms with Gasteiger partial charge in [0.1, 0.15) is 10.6 Å². The molecule has 0 aromatic heterocycles. The summed E-state index contributed by atoms with van der Waals surface area (Å²) in [7, 11) is -4.08. The molecule has 1 atom stereocenters. The molecule has 2 aromatic rings. The zero-order chi connectivity index (χ0) is 20.5. The van der Waals surface area contributed by atoms with Crippen molar-refractivity contribution < 1.29 is 21.6 Å². The second-order valence-electron chi connectivity index (χ2n) is 6.76. The predicted molar refractivity (Wildman–Crippen MR) is 107 cm³/mol. The topological polar surface area (TPSA) is 102 Å². The number of hydrogen-bond donors (Lipinski definition) is 2. The Morgan fingerprint density at radius 2 is 1.79 bits per heavy atom. The van der Waals surface area contributed by atoms with Crippen molar-refractivity contribution in [3.05, 3.63) is 53.1 Å². The van der Waals surface area contributed by atoms with E-state index in [-0.39, 0.29) is 15.7 Å². The van der Waals surface area contributed by atoms with Crippen LogP contribution >= 0.6 is 0 Å². The zero-order valence-electron chi connectivity index (χ0n) is 16.0. The van der Waals surface area contributed by atoms with Crippen LogP contribution in [-0.4, -0.2) is 50.3 Å². The summed E-state index contributed by atoms with van der Waals surface area (Å²) in [4.78, 5) is 0.385. The summed E-state index contributed by atoms with van der Waals surface area (Å²) >= 11 is 0. The van der Waals surface area contributed by atoms with Crippen molar-refractivity contribution in [1.29, 1.82) is 0 Å². The molecular formula is C19H24N2O5S2. The first kappa shape index (κ1) is 20.8. The molecule has 0 aliphatic carbocycles. The lowest BCUT2D eigenvalue weighted by Gasteiger charge is -2.20. The molecule has 152 valence electrons. The third-order valence-electron chi connectivity index (χ3n) is 4.98. The summed E-state index contributed by atoms with van der Waals surface area (Å²) < 4.78 is 55.9. The van der Waals surface area contributed by atoms with Crippen molar-refractivity contribution in [3.8, 4) is 5.75 Å². The number of ether oxygens (including phenoxy) is 1. The molecule has 3 rings (SSSR count). The molecule has 0 saturated carbocycles. The van der Waals surface area contributed by atoms with Gasteiger partial charge >= 0.3 is 0 Å². The van der Waals surface area contributed by atoms with Gasteiger partial charge in [0.05, 0.1) is 12.0 Å². The molecule has 1 unspecified atom stereocenters. The van der Waals surface area contributed by atoms with E-state index in [1.807, 2.05) is 0 Å². The maximum atomic E-state index is 12.1. The molecule has 9 heteroatoms. The Morgan fingerprint density at radius 1 is 1.11 bits per heavy atom. The van der Waals surface area contributed by atoms with E-state index in [0.717, 1.165) is 23.2 Å². The Balaban J connectivity index is 2.10. The van der Waals surface area contributed by atoms with Crippen molar-refractivity contribution >= 4 is 19.9 Å². The third kappa shape index (κ3) is 4.07. The SMILES string of the molecule is CNS(=O)(=O)c1ccc(C2CNCCc3cc(S(C)(=O)=O)c(OC)cc32)cc1. The van der Waals surface area contributed by atoms with Gasteiger partial charge in [-0.1, -0.05) is 12.1 Å². The van der Waals surface area contributed by atoms with Gasteiger partial charge in [-0.05, 0) is 61.0 Å². The van der Waals surface area contributed by atoms with Gasteiger partial charge < -0.3 is 10.1 Å². The van der Waals surface area contributed by atoms with Crippen LogP contribution in [0.5, 0.6) is 5.75 Å². The van der Waals surface area contributed by atoms with Crippen LogP contribution in [-0.2, 0) is 26.3 Å². The van der Waals surface area contributed by atoms with Gasteiger partial charge in [0.15, 0.2) is 9.84 Å². The Morgan fingerprint density at radius 3 is 2.36 bits per heavy atom. The van der Waals surface area contributed by atoms with E-state index in [2.05, 4.69) is 10.0 Å². The van der Waals surface area contributed by atoms with Crippen LogP contribution in [0, 0.1) is 0 Å². The van der Waals surface area contributed by atoms with Gasteiger partial charge in [-0.2, -0.15) is 0 Å². The normalized spacial score (nSPS) is 17.6. The highest BCUT2D eigenvalue weighted by molar-refractivity contribution is 7.90. The molecule has 0 radical (unpaired) electrons. The molecule has 2 N–H and O–H groups in total. The quantitative estimate of drug-likeness (QED) is 0.750. The standard InChI is InChI=1S/C19H24N2O5S2/c1-20-28(24,25)15-6-4-13(5-7-15)17-12-21-9-8-14-10-19(27(3,22)23)18(26-2)11-16(14)17/h4-7,10-11,17,20-21H,8-9,12H2,1-3H3. The number of rotatable bonds is 5. The number of sulfone groups is 1. The predicted octanol–water partition coefficient (Wildman–Crippen LogP) is 1.28. The zero-order valence-corrected chi connectivity index (χ0v) is 17.7. The minimum atomic E-state index is -3.50. The summed E-state index contributed by atoms with van der Waals surface area (Å²) in [5.41, 5.74) is 2.88. The van der Waals surface area contributed by atoms with Crippen LogP contribution in [0.1, 0.15) is 22.6 Å². The summed E-state index contributed by atoms with van der Waals surface area (Å²) in [5, 5.41) is 3.37. The lowest BCUT2D eigenvalue weighted by atomic mass is 9.88. The first-order valence-corrected chi connectivity index (χ1v) is 12.2. The average molecular weight is 425 g/mol. The fourth-order valence-electron chi connectivity index (χ4n) is 3.48. The van der Waals surface area contributed by atoms with Crippen LogP contribution in [0.3, 0.4) is 0 Å². The second-order valence-corrected chi connectivity index (χ2v) is 10.6. The number of benzene rings is 2. The summed E-state index contributed by atoms with van der Waals surface area (Å²) in [6.45, 7) is 1.39. The van der Waals surface area contributed by atoms with Gasteiger partial charge in [0.2, 0.25) is 10.0 Å². The van der Waals surface area contributed by atoms with Gasteiger partial charge in [-0.25, -0.2) is 21.6 Å². The number of nitrogens with one attached hydrogen (secondary N) is 2. The minimum Gasteiger partial charge on any atom is -0.495 e. The van der Waals surface area contributed by atoms with Gasteiger partial charge in [0, 0.05) is 18.7 Å². The monoisotopic (exact) mass is 424 g/mol. The molecule has 1 aliphatic heterocycles. The van der Waals surface area contributed by atoms with Gasteiger partial charge in [0.25, 0.3) is 0 Å². The number of fused-ring (bicyclic) bond motifs is 1. The Labute approximate surface area is 166 Å². The Hall–Kier alpha value is -1.94. The first-order chi connectivity index (χ1) is 13.2. The maximum Gasteiger partial charge on any atom is 0.240 e. The van der Waals surface area contributed by atoms with E-state index in [1.54, 1.807) is 36.4 Å². The first-order valence-electron chi connectivity index (χ1n) is 8.82. The van der Waals surface area contributed by atoms with Crippen LogP contribution in [0.25, 0.3) is 0 Å². The van der Waals surface area contributed by atoms with Crippen molar-refractivity contribution in [2.24, 2.45) is 0 Å². The average Bonchev–Trinajstić information content (AvgIpc) is 2.88. The van der Waals surface area contributed by atoms with Crippen LogP contribution in [0.15, 0.2) is 46.2 Å². The fourth-order valence-corrected chi connectivity index (χ4v) is 5.08. The highest BCUT2D eigenvalue weighted by Gasteiger charge is 2.25.